The fourth-order valence-electron chi connectivity index (χ4n) is 2.83. The number of aliphatic hydroxyl groups excluding tert-OH is 1. The number of Topliss-reactive ketones (excluding diaryl/α,β-unsaturated/α-hetero) is 1. The summed E-state index contributed by atoms with van der Waals surface area (Å²) < 4.78 is 0. The van der Waals surface area contributed by atoms with Crippen LogP contribution in [0.1, 0.15) is 78.1 Å². The lowest BCUT2D eigenvalue weighted by Gasteiger charge is -2.09. The molecule has 0 aromatic carbocycles. The van der Waals surface area contributed by atoms with E-state index in [2.05, 4.69) is 6.92 Å². The highest BCUT2D eigenvalue weighted by Crippen LogP contribution is 2.21. The van der Waals surface area contributed by atoms with Crippen molar-refractivity contribution in [3.05, 3.63) is 23.5 Å². The second-order valence-electron chi connectivity index (χ2n) is 6.54. The summed E-state index contributed by atoms with van der Waals surface area (Å²) in [6.07, 6.45) is 12.6. The molecule has 0 unspecified atom stereocenters. The smallest absolute Gasteiger partial charge is 0.268 e. The molecule has 0 aromatic rings. The monoisotopic (exact) mass is 349 g/mol. The standard InChI is InChI=1S/C20H31NO4/c1-3-5-7-8-9-10-12-13-16(22)19-17(23)15-21(20(19)25)18(24)14-11-6-4-2/h11,14,22H,3-10,12-13,15H2,1-2H3/b14-11+,19-16-. The third-order valence-electron chi connectivity index (χ3n) is 4.33. The van der Waals surface area contributed by atoms with Crippen LogP contribution in [-0.2, 0) is 14.4 Å². The van der Waals surface area contributed by atoms with Crippen molar-refractivity contribution in [1.82, 2.24) is 4.90 Å². The number of allylic oxidation sites excluding steroid dienone is 2. The number of hydrogen-bond acceptors (Lipinski definition) is 4. The van der Waals surface area contributed by atoms with Crippen LogP contribution in [0.3, 0.4) is 0 Å². The van der Waals surface area contributed by atoms with Gasteiger partial charge in [-0.15, -0.1) is 0 Å². The Bertz CT molecular complexity index is 534. The third-order valence-corrected chi connectivity index (χ3v) is 4.33. The molecule has 1 aliphatic heterocycles. The zero-order valence-corrected chi connectivity index (χ0v) is 15.6. The quantitative estimate of drug-likeness (QED) is 0.262. The molecule has 0 bridgehead atoms. The first-order valence-corrected chi connectivity index (χ1v) is 9.50. The first-order chi connectivity index (χ1) is 12.0. The summed E-state index contributed by atoms with van der Waals surface area (Å²) >= 11 is 0. The van der Waals surface area contributed by atoms with Gasteiger partial charge in [0.05, 0.1) is 6.54 Å². The number of rotatable bonds is 11. The minimum Gasteiger partial charge on any atom is -0.511 e. The molecule has 25 heavy (non-hydrogen) atoms. The van der Waals surface area contributed by atoms with Gasteiger partial charge in [-0.25, -0.2) is 0 Å². The van der Waals surface area contributed by atoms with Crippen molar-refractivity contribution >= 4 is 17.6 Å². The number of amides is 2. The molecule has 1 fully saturated rings. The maximum Gasteiger partial charge on any atom is 0.268 e. The highest BCUT2D eigenvalue weighted by atomic mass is 16.3. The van der Waals surface area contributed by atoms with E-state index in [4.69, 9.17) is 0 Å². The maximum atomic E-state index is 12.3. The zero-order chi connectivity index (χ0) is 18.7. The number of nitrogens with zero attached hydrogens (tertiary/aromatic N) is 1. The maximum absolute atomic E-state index is 12.3. The van der Waals surface area contributed by atoms with Crippen molar-refractivity contribution in [3.8, 4) is 0 Å². The Morgan fingerprint density at radius 3 is 2.32 bits per heavy atom. The Balaban J connectivity index is 2.52. The Morgan fingerprint density at radius 2 is 1.68 bits per heavy atom. The first-order valence-electron chi connectivity index (χ1n) is 9.50. The fourth-order valence-corrected chi connectivity index (χ4v) is 2.83. The minimum absolute atomic E-state index is 0.170. The summed E-state index contributed by atoms with van der Waals surface area (Å²) in [5, 5.41) is 10.1. The number of unbranched alkanes of at least 4 members (excludes halogenated alkanes) is 7. The van der Waals surface area contributed by atoms with Gasteiger partial charge in [-0.3, -0.25) is 19.3 Å². The average Bonchev–Trinajstić information content (AvgIpc) is 2.88. The number of carbonyl (C=O) groups is 3. The van der Waals surface area contributed by atoms with Gasteiger partial charge in [0.15, 0.2) is 5.78 Å². The zero-order valence-electron chi connectivity index (χ0n) is 15.6. The number of likely N-dealkylation sites (tertiary alicyclic amines) is 1. The van der Waals surface area contributed by atoms with E-state index in [-0.39, 0.29) is 17.9 Å². The van der Waals surface area contributed by atoms with Gasteiger partial charge in [0.1, 0.15) is 11.3 Å². The predicted octanol–water partition coefficient (Wildman–Crippen LogP) is 4.23. The van der Waals surface area contributed by atoms with E-state index < -0.39 is 17.6 Å². The van der Waals surface area contributed by atoms with Crippen LogP contribution in [0.4, 0.5) is 0 Å². The second kappa shape index (κ2) is 11.6. The molecule has 140 valence electrons. The molecule has 2 amide bonds. The average molecular weight is 349 g/mol. The molecule has 0 aliphatic carbocycles. The van der Waals surface area contributed by atoms with Crippen molar-refractivity contribution in [2.75, 3.05) is 6.54 Å². The van der Waals surface area contributed by atoms with Crippen molar-refractivity contribution in [1.29, 1.82) is 0 Å². The molecule has 0 atom stereocenters. The number of carbonyl (C=O) groups excluding carboxylic acids is 3. The van der Waals surface area contributed by atoms with Gasteiger partial charge in [-0.05, 0) is 18.9 Å². The van der Waals surface area contributed by atoms with Crippen molar-refractivity contribution < 1.29 is 19.5 Å². The van der Waals surface area contributed by atoms with E-state index in [0.717, 1.165) is 37.0 Å². The lowest BCUT2D eigenvalue weighted by Crippen LogP contribution is -2.31. The number of imide groups is 1. The lowest BCUT2D eigenvalue weighted by atomic mass is 10.1. The summed E-state index contributed by atoms with van der Waals surface area (Å²) in [6, 6.07) is 0. The highest BCUT2D eigenvalue weighted by Gasteiger charge is 2.38. The van der Waals surface area contributed by atoms with Crippen molar-refractivity contribution in [2.45, 2.75) is 78.1 Å². The van der Waals surface area contributed by atoms with Crippen LogP contribution in [0.25, 0.3) is 0 Å². The van der Waals surface area contributed by atoms with Crippen LogP contribution in [0.15, 0.2) is 23.5 Å². The molecule has 1 heterocycles. The van der Waals surface area contributed by atoms with Crippen LogP contribution >= 0.6 is 0 Å². The molecule has 5 heteroatoms. The molecule has 1 saturated heterocycles. The van der Waals surface area contributed by atoms with E-state index in [1.54, 1.807) is 6.08 Å². The molecule has 1 aliphatic rings. The summed E-state index contributed by atoms with van der Waals surface area (Å²) in [7, 11) is 0. The Morgan fingerprint density at radius 1 is 1.04 bits per heavy atom. The SMILES string of the molecule is CCC/C=C/C(=O)N1CC(=O)/C(=C(/O)CCCCCCCCC)C1=O. The van der Waals surface area contributed by atoms with Crippen LogP contribution in [0, 0.1) is 0 Å². The Kier molecular flexibility index (Phi) is 9.81. The molecular weight excluding hydrogens is 318 g/mol. The molecule has 1 N–H and O–H groups in total. The largest absolute Gasteiger partial charge is 0.511 e. The molecule has 0 spiro atoms. The normalized spacial score (nSPS) is 17.0. The molecule has 0 saturated carbocycles. The van der Waals surface area contributed by atoms with Crippen LogP contribution in [-0.4, -0.2) is 34.1 Å². The molecular formula is C20H31NO4. The summed E-state index contributed by atoms with van der Waals surface area (Å²) in [5.41, 5.74) is -0.205. The Hall–Kier alpha value is -1.91. The second-order valence-corrected chi connectivity index (χ2v) is 6.54. The molecule has 5 nitrogen and oxygen atoms in total. The van der Waals surface area contributed by atoms with Gasteiger partial charge in [-0.1, -0.05) is 64.9 Å². The van der Waals surface area contributed by atoms with Crippen molar-refractivity contribution in [2.24, 2.45) is 0 Å². The summed E-state index contributed by atoms with van der Waals surface area (Å²) in [5.74, 6) is -1.80. The predicted molar refractivity (Wildman–Crippen MR) is 98.0 cm³/mol. The first kappa shape index (κ1) is 21.1. The fraction of sp³-hybridized carbons (Fsp3) is 0.650. The van der Waals surface area contributed by atoms with Gasteiger partial charge in [0.2, 0.25) is 0 Å². The van der Waals surface area contributed by atoms with Gasteiger partial charge in [-0.2, -0.15) is 0 Å². The van der Waals surface area contributed by atoms with Crippen molar-refractivity contribution in [3.63, 3.8) is 0 Å². The van der Waals surface area contributed by atoms with E-state index in [9.17, 15) is 19.5 Å². The number of ketones is 1. The van der Waals surface area contributed by atoms with Crippen LogP contribution in [0.5, 0.6) is 0 Å². The van der Waals surface area contributed by atoms with Crippen LogP contribution < -0.4 is 0 Å². The van der Waals surface area contributed by atoms with Gasteiger partial charge < -0.3 is 5.11 Å². The van der Waals surface area contributed by atoms with Gasteiger partial charge in [0, 0.05) is 6.42 Å². The van der Waals surface area contributed by atoms with Gasteiger partial charge >= 0.3 is 0 Å². The lowest BCUT2D eigenvalue weighted by molar-refractivity contribution is -0.137. The molecule has 0 aromatic heterocycles. The summed E-state index contributed by atoms with van der Waals surface area (Å²) in [4.78, 5) is 37.2. The number of aliphatic hydroxyl groups is 1. The Labute approximate surface area is 150 Å². The highest BCUT2D eigenvalue weighted by molar-refractivity contribution is 6.29. The third kappa shape index (κ3) is 6.85. The van der Waals surface area contributed by atoms with E-state index in [0.29, 0.717) is 6.42 Å². The molecule has 0 radical (unpaired) electrons. The van der Waals surface area contributed by atoms with Crippen LogP contribution in [0.2, 0.25) is 0 Å². The van der Waals surface area contributed by atoms with Gasteiger partial charge in [0.25, 0.3) is 11.8 Å². The number of hydrogen-bond donors (Lipinski definition) is 1. The van der Waals surface area contributed by atoms with E-state index in [1.165, 1.54) is 31.8 Å². The van der Waals surface area contributed by atoms with E-state index >= 15 is 0 Å². The minimum atomic E-state index is -0.670. The van der Waals surface area contributed by atoms with E-state index in [1.807, 2.05) is 6.92 Å². The topological polar surface area (TPSA) is 74.7 Å². The summed E-state index contributed by atoms with van der Waals surface area (Å²) in [6.45, 7) is 3.89. The molecule has 1 rings (SSSR count).